The van der Waals surface area contributed by atoms with E-state index >= 15 is 0 Å². The lowest BCUT2D eigenvalue weighted by molar-refractivity contribution is -0.118. The first-order valence-corrected chi connectivity index (χ1v) is 4.74. The maximum atomic E-state index is 11.5. The van der Waals surface area contributed by atoms with Crippen molar-refractivity contribution < 1.29 is 4.79 Å². The molecule has 3 heteroatoms. The minimum atomic E-state index is -0.227. The van der Waals surface area contributed by atoms with Gasteiger partial charge in [0.2, 0.25) is 5.91 Å². The fraction of sp³-hybridized carbons (Fsp3) is 0.636. The topological polar surface area (TPSA) is 52.9 Å². The maximum absolute atomic E-state index is 11.5. The molecule has 0 fully saturated rings. The van der Waals surface area contributed by atoms with Crippen LogP contribution >= 0.6 is 0 Å². The zero-order valence-corrected chi connectivity index (χ0v) is 9.18. The van der Waals surface area contributed by atoms with E-state index in [9.17, 15) is 4.79 Å². The fourth-order valence-electron chi connectivity index (χ4n) is 0.923. The van der Waals surface area contributed by atoms with Gasteiger partial charge < -0.3 is 5.32 Å². The van der Waals surface area contributed by atoms with E-state index in [-0.39, 0.29) is 11.4 Å². The smallest absolute Gasteiger partial charge is 0.247 e. The fourth-order valence-corrected chi connectivity index (χ4v) is 0.923. The number of carbonyl (C=O) groups is 1. The minimum Gasteiger partial charge on any atom is -0.348 e. The van der Waals surface area contributed by atoms with Gasteiger partial charge >= 0.3 is 0 Å². The lowest BCUT2D eigenvalue weighted by Crippen LogP contribution is -2.41. The Morgan fingerprint density at radius 2 is 2.07 bits per heavy atom. The van der Waals surface area contributed by atoms with Gasteiger partial charge in [-0.2, -0.15) is 5.26 Å². The summed E-state index contributed by atoms with van der Waals surface area (Å²) in [6.45, 7) is 9.46. The van der Waals surface area contributed by atoms with Gasteiger partial charge in [-0.3, -0.25) is 4.79 Å². The second-order valence-corrected chi connectivity index (χ2v) is 4.32. The van der Waals surface area contributed by atoms with E-state index in [1.54, 1.807) is 0 Å². The number of nitrogens with zero attached hydrogens (tertiary/aromatic N) is 1. The Kier molecular flexibility index (Phi) is 4.93. The molecule has 0 heterocycles. The van der Waals surface area contributed by atoms with Crippen molar-refractivity contribution in [3.05, 3.63) is 12.2 Å². The Labute approximate surface area is 85.8 Å². The van der Waals surface area contributed by atoms with Crippen LogP contribution in [0.4, 0.5) is 0 Å². The second kappa shape index (κ2) is 5.43. The zero-order valence-electron chi connectivity index (χ0n) is 9.18. The van der Waals surface area contributed by atoms with Crippen LogP contribution in [0.3, 0.4) is 0 Å². The summed E-state index contributed by atoms with van der Waals surface area (Å²) in [6, 6.07) is 2.04. The Balaban J connectivity index is 3.90. The molecule has 14 heavy (non-hydrogen) atoms. The highest BCUT2D eigenvalue weighted by Gasteiger charge is 2.15. The lowest BCUT2D eigenvalue weighted by Gasteiger charge is -2.21. The summed E-state index contributed by atoms with van der Waals surface area (Å²) in [6.07, 6.45) is 1.77. The van der Waals surface area contributed by atoms with Gasteiger partial charge in [0, 0.05) is 17.5 Å². The van der Waals surface area contributed by atoms with E-state index in [0.717, 1.165) is 0 Å². The molecule has 0 saturated carbocycles. The van der Waals surface area contributed by atoms with Gasteiger partial charge in [-0.1, -0.05) is 6.58 Å². The van der Waals surface area contributed by atoms with Crippen molar-refractivity contribution >= 4 is 5.91 Å². The summed E-state index contributed by atoms with van der Waals surface area (Å²) in [5.74, 6) is -0.115. The molecule has 0 bridgehead atoms. The number of nitrogens with one attached hydrogen (secondary N) is 1. The van der Waals surface area contributed by atoms with Crippen molar-refractivity contribution in [2.45, 2.75) is 45.6 Å². The molecule has 1 N–H and O–H groups in total. The molecule has 0 aromatic heterocycles. The molecule has 0 atom stereocenters. The number of rotatable bonds is 4. The first-order chi connectivity index (χ1) is 6.37. The van der Waals surface area contributed by atoms with E-state index in [0.29, 0.717) is 24.8 Å². The minimum absolute atomic E-state index is 0.115. The van der Waals surface area contributed by atoms with E-state index in [2.05, 4.69) is 11.9 Å². The van der Waals surface area contributed by atoms with Gasteiger partial charge in [-0.05, 0) is 33.6 Å². The number of hydrogen-bond donors (Lipinski definition) is 1. The number of nitriles is 1. The molecule has 0 aliphatic heterocycles. The van der Waals surface area contributed by atoms with Gasteiger partial charge in [-0.25, -0.2) is 0 Å². The van der Waals surface area contributed by atoms with Crippen LogP contribution < -0.4 is 5.32 Å². The third kappa shape index (κ3) is 6.24. The highest BCUT2D eigenvalue weighted by Crippen LogP contribution is 2.07. The summed E-state index contributed by atoms with van der Waals surface area (Å²) >= 11 is 0. The molecule has 0 aliphatic rings. The van der Waals surface area contributed by atoms with Crippen molar-refractivity contribution in [1.29, 1.82) is 5.26 Å². The lowest BCUT2D eigenvalue weighted by atomic mass is 10.1. The Morgan fingerprint density at radius 1 is 1.50 bits per heavy atom. The third-order valence-electron chi connectivity index (χ3n) is 1.58. The molecule has 3 nitrogen and oxygen atoms in total. The highest BCUT2D eigenvalue weighted by molar-refractivity contribution is 5.93. The molecule has 0 unspecified atom stereocenters. The molecular weight excluding hydrogens is 176 g/mol. The summed E-state index contributed by atoms with van der Waals surface area (Å²) in [5, 5.41) is 11.1. The van der Waals surface area contributed by atoms with Gasteiger partial charge in [0.05, 0.1) is 6.07 Å². The van der Waals surface area contributed by atoms with E-state index in [1.807, 2.05) is 26.8 Å². The summed E-state index contributed by atoms with van der Waals surface area (Å²) in [4.78, 5) is 11.5. The van der Waals surface area contributed by atoms with Crippen LogP contribution in [0.2, 0.25) is 0 Å². The third-order valence-corrected chi connectivity index (χ3v) is 1.58. The first-order valence-electron chi connectivity index (χ1n) is 4.74. The summed E-state index contributed by atoms with van der Waals surface area (Å²) in [5.41, 5.74) is 0.324. The van der Waals surface area contributed by atoms with Crippen molar-refractivity contribution in [2.75, 3.05) is 0 Å². The molecule has 0 aromatic rings. The molecule has 1 amide bonds. The first kappa shape index (κ1) is 12.7. The average molecular weight is 194 g/mol. The van der Waals surface area contributed by atoms with E-state index in [1.165, 1.54) is 0 Å². The molecule has 0 saturated heterocycles. The quantitative estimate of drug-likeness (QED) is 0.550. The monoisotopic (exact) mass is 194 g/mol. The van der Waals surface area contributed by atoms with Gasteiger partial charge in [0.15, 0.2) is 0 Å². The van der Waals surface area contributed by atoms with Crippen molar-refractivity contribution in [3.63, 3.8) is 0 Å². The molecule has 0 radical (unpaired) electrons. The van der Waals surface area contributed by atoms with Crippen molar-refractivity contribution in [1.82, 2.24) is 5.32 Å². The van der Waals surface area contributed by atoms with Crippen molar-refractivity contribution in [2.24, 2.45) is 0 Å². The molecule has 78 valence electrons. The van der Waals surface area contributed by atoms with E-state index in [4.69, 9.17) is 5.26 Å². The highest BCUT2D eigenvalue weighted by atomic mass is 16.1. The predicted molar refractivity (Wildman–Crippen MR) is 56.5 cm³/mol. The van der Waals surface area contributed by atoms with Gasteiger partial charge in [0.25, 0.3) is 0 Å². The normalized spacial score (nSPS) is 10.4. The second-order valence-electron chi connectivity index (χ2n) is 4.32. The Morgan fingerprint density at radius 3 is 2.50 bits per heavy atom. The predicted octanol–water partition coefficient (Wildman–Crippen LogP) is 2.15. The molecular formula is C11H18N2O. The number of unbranched alkanes of at least 4 members (excludes halogenated alkanes) is 1. The van der Waals surface area contributed by atoms with Crippen LogP contribution in [0.25, 0.3) is 0 Å². The molecule has 0 aliphatic carbocycles. The van der Waals surface area contributed by atoms with Gasteiger partial charge in [-0.15, -0.1) is 0 Å². The largest absolute Gasteiger partial charge is 0.348 e. The Bertz CT molecular complexity index is 255. The summed E-state index contributed by atoms with van der Waals surface area (Å²) < 4.78 is 0. The number of hydrogen-bond acceptors (Lipinski definition) is 2. The molecule has 0 spiro atoms. The summed E-state index contributed by atoms with van der Waals surface area (Å²) in [7, 11) is 0. The molecule has 0 aromatic carbocycles. The number of carbonyl (C=O) groups excluding carboxylic acids is 1. The molecule has 0 rings (SSSR count). The van der Waals surface area contributed by atoms with Gasteiger partial charge in [0.1, 0.15) is 0 Å². The van der Waals surface area contributed by atoms with Crippen LogP contribution in [0.15, 0.2) is 12.2 Å². The number of amides is 1. The van der Waals surface area contributed by atoms with Crippen LogP contribution in [0.5, 0.6) is 0 Å². The average Bonchev–Trinajstić information content (AvgIpc) is 2.01. The van der Waals surface area contributed by atoms with Crippen LogP contribution in [-0.2, 0) is 4.79 Å². The van der Waals surface area contributed by atoms with Crippen molar-refractivity contribution in [3.8, 4) is 6.07 Å². The SMILES string of the molecule is C=C(CCCC#N)C(=O)NC(C)(C)C. The van der Waals surface area contributed by atoms with E-state index < -0.39 is 0 Å². The van der Waals surface area contributed by atoms with Crippen LogP contribution in [0.1, 0.15) is 40.0 Å². The van der Waals surface area contributed by atoms with Crippen LogP contribution in [0, 0.1) is 11.3 Å². The standard InChI is InChI=1S/C11H18N2O/c1-9(7-5-6-8-12)10(14)13-11(2,3)4/h1,5-7H2,2-4H3,(H,13,14). The Hall–Kier alpha value is -1.30. The van der Waals surface area contributed by atoms with Crippen LogP contribution in [-0.4, -0.2) is 11.4 Å². The maximum Gasteiger partial charge on any atom is 0.247 e. The zero-order chi connectivity index (χ0) is 11.2.